The van der Waals surface area contributed by atoms with Crippen molar-refractivity contribution in [2.75, 3.05) is 19.7 Å². The fourth-order valence-corrected chi connectivity index (χ4v) is 2.01. The number of carbonyl (C=O) groups excluding carboxylic acids is 1. The van der Waals surface area contributed by atoms with E-state index in [0.717, 1.165) is 5.56 Å². The Hall–Kier alpha value is -1.64. The Morgan fingerprint density at radius 3 is 2.39 bits per heavy atom. The van der Waals surface area contributed by atoms with Crippen molar-refractivity contribution in [2.24, 2.45) is 11.1 Å². The molecule has 2 amide bonds. The Bertz CT molecular complexity index is 578. The summed E-state index contributed by atoms with van der Waals surface area (Å²) in [5, 5.41) is 9.30. The van der Waals surface area contributed by atoms with Gasteiger partial charge in [0.15, 0.2) is 0 Å². The Morgan fingerprint density at radius 1 is 1.17 bits per heavy atom. The summed E-state index contributed by atoms with van der Waals surface area (Å²) < 4.78 is 27.7. The summed E-state index contributed by atoms with van der Waals surface area (Å²) >= 11 is 0. The van der Waals surface area contributed by atoms with E-state index in [-0.39, 0.29) is 12.5 Å². The molecule has 0 aliphatic heterocycles. The third-order valence-corrected chi connectivity index (χ3v) is 4.52. The second-order valence-electron chi connectivity index (χ2n) is 5.60. The highest BCUT2D eigenvalue weighted by Crippen LogP contribution is 2.02. The molecule has 130 valence electrons. The van der Waals surface area contributed by atoms with Gasteiger partial charge in [-0.2, -0.15) is 0 Å². The fraction of sp³-hybridized carbons (Fsp3) is 0.533. The normalized spacial score (nSPS) is 14.0. The lowest BCUT2D eigenvalue weighted by atomic mass is 10.2. The number of rotatable bonds is 9. The molecule has 0 radical (unpaired) electrons. The van der Waals surface area contributed by atoms with Crippen molar-refractivity contribution in [3.63, 3.8) is 0 Å². The minimum atomic E-state index is -3.63. The maximum absolute atomic E-state index is 11.6. The van der Waals surface area contributed by atoms with Crippen LogP contribution in [0.3, 0.4) is 0 Å². The molecule has 1 rings (SSSR count). The van der Waals surface area contributed by atoms with E-state index in [1.165, 1.54) is 6.92 Å². The number of amides is 2. The summed E-state index contributed by atoms with van der Waals surface area (Å²) in [4.78, 5) is 11.6. The summed E-state index contributed by atoms with van der Waals surface area (Å²) in [5.41, 5.74) is 1.10. The van der Waals surface area contributed by atoms with Gasteiger partial charge >= 0.3 is 6.03 Å². The maximum atomic E-state index is 11.6. The first-order chi connectivity index (χ1) is 10.8. The van der Waals surface area contributed by atoms with Crippen LogP contribution >= 0.6 is 0 Å². The second-order valence-corrected chi connectivity index (χ2v) is 7.58. The van der Waals surface area contributed by atoms with Gasteiger partial charge in [0.1, 0.15) is 0 Å². The molecule has 0 bridgehead atoms. The van der Waals surface area contributed by atoms with Crippen LogP contribution in [0.4, 0.5) is 4.79 Å². The standard InChI is InChI=1S/C15H25N3O4S/c1-12(10-22-11-14-6-4-3-5-7-14)8-17-15(19)18-9-13(2)23(16,20)21/h3-7,12-13H,8-11H2,1-2H3,(H2,16,20,21)(H2,17,18,19)/t12-,13+/m1/s1. The Kier molecular flexibility index (Phi) is 8.01. The number of sulfonamides is 1. The first-order valence-corrected chi connectivity index (χ1v) is 9.05. The molecule has 0 fully saturated rings. The predicted octanol–water partition coefficient (Wildman–Crippen LogP) is 0.816. The molecule has 2 atom stereocenters. The SMILES string of the molecule is C[C@H](CNC(=O)NC[C@H](C)S(N)(=O)=O)COCc1ccccc1. The number of urea groups is 1. The van der Waals surface area contributed by atoms with Crippen LogP contribution < -0.4 is 15.8 Å². The molecule has 0 aromatic heterocycles. The van der Waals surface area contributed by atoms with Gasteiger partial charge in [-0.05, 0) is 18.4 Å². The smallest absolute Gasteiger partial charge is 0.314 e. The van der Waals surface area contributed by atoms with Crippen molar-refractivity contribution in [2.45, 2.75) is 25.7 Å². The van der Waals surface area contributed by atoms with E-state index in [0.29, 0.717) is 19.8 Å². The average Bonchev–Trinajstić information content (AvgIpc) is 2.50. The third-order valence-electron chi connectivity index (χ3n) is 3.24. The van der Waals surface area contributed by atoms with Crippen molar-refractivity contribution in [1.82, 2.24) is 10.6 Å². The zero-order chi connectivity index (χ0) is 17.3. The molecule has 8 heteroatoms. The van der Waals surface area contributed by atoms with Gasteiger partial charge < -0.3 is 15.4 Å². The first-order valence-electron chi connectivity index (χ1n) is 7.44. The van der Waals surface area contributed by atoms with Crippen LogP contribution in [0.15, 0.2) is 30.3 Å². The molecular weight excluding hydrogens is 318 g/mol. The van der Waals surface area contributed by atoms with Crippen LogP contribution in [0.25, 0.3) is 0 Å². The molecule has 0 aliphatic rings. The van der Waals surface area contributed by atoms with Crippen LogP contribution in [-0.2, 0) is 21.4 Å². The summed E-state index contributed by atoms with van der Waals surface area (Å²) in [6.45, 7) is 4.86. The lowest BCUT2D eigenvalue weighted by molar-refractivity contribution is 0.0924. The van der Waals surface area contributed by atoms with Gasteiger partial charge in [0, 0.05) is 13.1 Å². The lowest BCUT2D eigenvalue weighted by Crippen LogP contribution is -2.44. The van der Waals surface area contributed by atoms with Crippen molar-refractivity contribution in [3.8, 4) is 0 Å². The van der Waals surface area contributed by atoms with Crippen LogP contribution in [0.1, 0.15) is 19.4 Å². The van der Waals surface area contributed by atoms with Gasteiger partial charge in [-0.3, -0.25) is 0 Å². The first kappa shape index (κ1) is 19.4. The third kappa shape index (κ3) is 8.53. The number of carbonyl (C=O) groups is 1. The highest BCUT2D eigenvalue weighted by Gasteiger charge is 2.16. The summed E-state index contributed by atoms with van der Waals surface area (Å²) in [6, 6.07) is 9.42. The van der Waals surface area contributed by atoms with E-state index < -0.39 is 21.3 Å². The highest BCUT2D eigenvalue weighted by atomic mass is 32.2. The molecule has 0 spiro atoms. The molecule has 0 saturated heterocycles. The van der Waals surface area contributed by atoms with Crippen molar-refractivity contribution >= 4 is 16.1 Å². The van der Waals surface area contributed by atoms with E-state index in [2.05, 4.69) is 10.6 Å². The van der Waals surface area contributed by atoms with E-state index in [1.54, 1.807) is 0 Å². The number of nitrogens with one attached hydrogen (secondary N) is 2. The summed E-state index contributed by atoms with van der Waals surface area (Å²) in [7, 11) is -3.63. The van der Waals surface area contributed by atoms with Crippen molar-refractivity contribution in [3.05, 3.63) is 35.9 Å². The highest BCUT2D eigenvalue weighted by molar-refractivity contribution is 7.89. The van der Waals surface area contributed by atoms with E-state index in [4.69, 9.17) is 9.88 Å². The second kappa shape index (κ2) is 9.49. The molecule has 0 aliphatic carbocycles. The number of hydrogen-bond donors (Lipinski definition) is 3. The summed E-state index contributed by atoms with van der Waals surface area (Å²) in [5.74, 6) is 0.139. The molecule has 7 nitrogen and oxygen atoms in total. The number of primary sulfonamides is 1. The number of benzene rings is 1. The molecular formula is C15H25N3O4S. The monoisotopic (exact) mass is 343 g/mol. The van der Waals surface area contributed by atoms with Gasteiger partial charge in [0.05, 0.1) is 18.5 Å². The minimum Gasteiger partial charge on any atom is -0.376 e. The van der Waals surface area contributed by atoms with Crippen LogP contribution in [0.2, 0.25) is 0 Å². The van der Waals surface area contributed by atoms with Crippen LogP contribution in [-0.4, -0.2) is 39.4 Å². The number of ether oxygens (including phenoxy) is 1. The van der Waals surface area contributed by atoms with Gasteiger partial charge in [0.25, 0.3) is 0 Å². The molecule has 0 unspecified atom stereocenters. The largest absolute Gasteiger partial charge is 0.376 e. The topological polar surface area (TPSA) is 111 Å². The zero-order valence-corrected chi connectivity index (χ0v) is 14.3. The molecule has 1 aromatic carbocycles. The number of nitrogens with two attached hydrogens (primary N) is 1. The average molecular weight is 343 g/mol. The molecule has 4 N–H and O–H groups in total. The fourth-order valence-electron chi connectivity index (χ4n) is 1.69. The predicted molar refractivity (Wildman–Crippen MR) is 89.2 cm³/mol. The zero-order valence-electron chi connectivity index (χ0n) is 13.5. The van der Waals surface area contributed by atoms with Gasteiger partial charge in [0.2, 0.25) is 10.0 Å². The Labute approximate surface area is 137 Å². The lowest BCUT2D eigenvalue weighted by Gasteiger charge is -2.15. The van der Waals surface area contributed by atoms with Crippen molar-refractivity contribution < 1.29 is 17.9 Å². The van der Waals surface area contributed by atoms with E-state index in [1.807, 2.05) is 37.3 Å². The van der Waals surface area contributed by atoms with Crippen LogP contribution in [0.5, 0.6) is 0 Å². The van der Waals surface area contributed by atoms with Crippen molar-refractivity contribution in [1.29, 1.82) is 0 Å². The van der Waals surface area contributed by atoms with E-state index >= 15 is 0 Å². The van der Waals surface area contributed by atoms with Gasteiger partial charge in [-0.25, -0.2) is 18.4 Å². The minimum absolute atomic E-state index is 0.0243. The molecule has 0 heterocycles. The quantitative estimate of drug-likeness (QED) is 0.616. The van der Waals surface area contributed by atoms with Gasteiger partial charge in [-0.1, -0.05) is 37.3 Å². The van der Waals surface area contributed by atoms with Gasteiger partial charge in [-0.15, -0.1) is 0 Å². The molecule has 23 heavy (non-hydrogen) atoms. The van der Waals surface area contributed by atoms with E-state index in [9.17, 15) is 13.2 Å². The molecule has 1 aromatic rings. The number of hydrogen-bond acceptors (Lipinski definition) is 4. The summed E-state index contributed by atoms with van der Waals surface area (Å²) in [6.07, 6.45) is 0. The maximum Gasteiger partial charge on any atom is 0.314 e. The van der Waals surface area contributed by atoms with Crippen LogP contribution in [0, 0.1) is 5.92 Å². The Balaban J connectivity index is 2.15. The Morgan fingerprint density at radius 2 is 1.78 bits per heavy atom. The molecule has 0 saturated carbocycles.